The van der Waals surface area contributed by atoms with Gasteiger partial charge in [0.25, 0.3) is 5.91 Å². The lowest BCUT2D eigenvalue weighted by molar-refractivity contribution is -0.139. The molecule has 1 amide bonds. The molecule has 0 aliphatic carbocycles. The van der Waals surface area contributed by atoms with E-state index in [0.29, 0.717) is 0 Å². The molecule has 0 spiro atoms. The number of benzene rings is 1. The van der Waals surface area contributed by atoms with Gasteiger partial charge < -0.3 is 10.1 Å². The highest BCUT2D eigenvalue weighted by molar-refractivity contribution is 6.05. The second-order valence-corrected chi connectivity index (χ2v) is 3.28. The first-order valence-electron chi connectivity index (χ1n) is 4.39. The number of anilines is 1. The minimum absolute atomic E-state index is 0.0575. The molecule has 0 radical (unpaired) electrons. The molecule has 2 rings (SSSR count). The van der Waals surface area contributed by atoms with Crippen LogP contribution in [0.4, 0.5) is 14.5 Å². The number of nitrogens with one attached hydrogen (secondary N) is 1. The fraction of sp³-hybridized carbons (Fsp3) is 0.200. The molecule has 4 nitrogen and oxygen atoms in total. The monoisotopic (exact) mass is 227 g/mol. The summed E-state index contributed by atoms with van der Waals surface area (Å²) in [4.78, 5) is 22.1. The number of fused-ring (bicyclic) bond motifs is 1. The molecule has 1 aliphatic heterocycles. The third kappa shape index (κ3) is 1.34. The zero-order chi connectivity index (χ0) is 11.9. The Balaban J connectivity index is 2.48. The van der Waals surface area contributed by atoms with Crippen LogP contribution in [0, 0.1) is 0 Å². The van der Waals surface area contributed by atoms with Crippen molar-refractivity contribution in [3.05, 3.63) is 29.3 Å². The second kappa shape index (κ2) is 3.26. The Morgan fingerprint density at radius 1 is 1.44 bits per heavy atom. The normalized spacial score (nSPS) is 16.6. The van der Waals surface area contributed by atoms with Crippen molar-refractivity contribution in [3.63, 3.8) is 0 Å². The van der Waals surface area contributed by atoms with E-state index in [1.165, 1.54) is 19.2 Å². The number of amides is 1. The van der Waals surface area contributed by atoms with Gasteiger partial charge in [-0.1, -0.05) is 0 Å². The van der Waals surface area contributed by atoms with E-state index < -0.39 is 23.4 Å². The van der Waals surface area contributed by atoms with Crippen molar-refractivity contribution in [3.8, 4) is 0 Å². The van der Waals surface area contributed by atoms with Crippen LogP contribution >= 0.6 is 0 Å². The summed E-state index contributed by atoms with van der Waals surface area (Å²) in [5.41, 5.74) is -0.373. The van der Waals surface area contributed by atoms with E-state index in [0.717, 1.165) is 6.07 Å². The van der Waals surface area contributed by atoms with Gasteiger partial charge in [0.1, 0.15) is 0 Å². The molecule has 16 heavy (non-hydrogen) atoms. The number of carbonyl (C=O) groups excluding carboxylic acids is 2. The third-order valence-corrected chi connectivity index (χ3v) is 2.31. The van der Waals surface area contributed by atoms with Crippen LogP contribution in [0.15, 0.2) is 18.2 Å². The van der Waals surface area contributed by atoms with Gasteiger partial charge in [-0.15, -0.1) is 0 Å². The van der Waals surface area contributed by atoms with E-state index in [9.17, 15) is 18.4 Å². The molecule has 0 saturated heterocycles. The summed E-state index contributed by atoms with van der Waals surface area (Å²) in [6.07, 6.45) is 0. The van der Waals surface area contributed by atoms with Crippen molar-refractivity contribution in [2.45, 2.75) is 5.92 Å². The topological polar surface area (TPSA) is 55.4 Å². The van der Waals surface area contributed by atoms with Gasteiger partial charge >= 0.3 is 11.9 Å². The highest BCUT2D eigenvalue weighted by Gasteiger charge is 2.48. The van der Waals surface area contributed by atoms with Crippen LogP contribution in [0.2, 0.25) is 0 Å². The van der Waals surface area contributed by atoms with Crippen LogP contribution in [0.25, 0.3) is 0 Å². The van der Waals surface area contributed by atoms with Crippen molar-refractivity contribution in [2.24, 2.45) is 0 Å². The van der Waals surface area contributed by atoms with Gasteiger partial charge in [0.15, 0.2) is 0 Å². The molecule has 1 aromatic rings. The van der Waals surface area contributed by atoms with Crippen molar-refractivity contribution in [1.29, 1.82) is 0 Å². The molecular weight excluding hydrogens is 220 g/mol. The summed E-state index contributed by atoms with van der Waals surface area (Å²) in [5, 5.41) is 2.01. The van der Waals surface area contributed by atoms with Gasteiger partial charge in [-0.3, -0.25) is 4.79 Å². The Labute approximate surface area is 89.2 Å². The number of methoxy groups -OCH3 is 1. The Kier molecular flexibility index (Phi) is 2.15. The first-order chi connectivity index (χ1) is 7.46. The largest absolute Gasteiger partial charge is 0.465 e. The Morgan fingerprint density at radius 3 is 2.75 bits per heavy atom. The lowest BCUT2D eigenvalue weighted by Crippen LogP contribution is -2.23. The number of carbonyl (C=O) groups is 2. The summed E-state index contributed by atoms with van der Waals surface area (Å²) in [6, 6.07) is 3.40. The van der Waals surface area contributed by atoms with Gasteiger partial charge in [-0.05, 0) is 18.2 Å². The maximum atomic E-state index is 13.2. The van der Waals surface area contributed by atoms with E-state index in [4.69, 9.17) is 0 Å². The Hall–Kier alpha value is -1.98. The predicted octanol–water partition coefficient (Wildman–Crippen LogP) is 1.52. The number of halogens is 2. The average molecular weight is 227 g/mol. The highest BCUT2D eigenvalue weighted by Crippen LogP contribution is 2.40. The predicted molar refractivity (Wildman–Crippen MR) is 50.3 cm³/mol. The first-order valence-corrected chi connectivity index (χ1v) is 4.39. The van der Waals surface area contributed by atoms with Crippen LogP contribution in [-0.2, 0) is 15.5 Å². The minimum atomic E-state index is -3.54. The molecule has 1 N–H and O–H groups in total. The maximum absolute atomic E-state index is 13.2. The molecule has 1 heterocycles. The van der Waals surface area contributed by atoms with Crippen LogP contribution in [-0.4, -0.2) is 19.0 Å². The van der Waals surface area contributed by atoms with Crippen LogP contribution in [0.5, 0.6) is 0 Å². The minimum Gasteiger partial charge on any atom is -0.465 e. The molecule has 1 aliphatic rings. The number of rotatable bonds is 1. The zero-order valence-corrected chi connectivity index (χ0v) is 8.21. The average Bonchev–Trinajstić information content (AvgIpc) is 2.48. The van der Waals surface area contributed by atoms with E-state index >= 15 is 0 Å². The van der Waals surface area contributed by atoms with Gasteiger partial charge in [-0.25, -0.2) is 4.79 Å². The number of hydrogen-bond donors (Lipinski definition) is 1. The summed E-state index contributed by atoms with van der Waals surface area (Å²) in [5.74, 6) is -5.57. The zero-order valence-electron chi connectivity index (χ0n) is 8.21. The fourth-order valence-electron chi connectivity index (χ4n) is 1.49. The quantitative estimate of drug-likeness (QED) is 0.740. The number of esters is 1. The number of ether oxygens (including phenoxy) is 1. The van der Waals surface area contributed by atoms with E-state index in [1.807, 2.05) is 5.32 Å². The smallest absolute Gasteiger partial charge is 0.352 e. The van der Waals surface area contributed by atoms with Gasteiger partial charge in [-0.2, -0.15) is 8.78 Å². The highest BCUT2D eigenvalue weighted by atomic mass is 19.3. The van der Waals surface area contributed by atoms with Crippen molar-refractivity contribution < 1.29 is 23.1 Å². The third-order valence-electron chi connectivity index (χ3n) is 2.31. The summed E-state index contributed by atoms with van der Waals surface area (Å²) >= 11 is 0. The molecule has 0 atom stereocenters. The standard InChI is InChI=1S/C10H7F2NO3/c1-16-8(14)5-2-3-6-7(4-5)13-9(15)10(6,11)12/h2-4H,1H3,(H,13,15). The SMILES string of the molecule is COC(=O)c1ccc2c(c1)NC(=O)C2(F)F. The molecule has 0 fully saturated rings. The molecule has 84 valence electrons. The maximum Gasteiger partial charge on any atom is 0.352 e. The number of alkyl halides is 2. The fourth-order valence-corrected chi connectivity index (χ4v) is 1.49. The van der Waals surface area contributed by atoms with Crippen LogP contribution in [0.1, 0.15) is 15.9 Å². The van der Waals surface area contributed by atoms with Gasteiger partial charge in [0.2, 0.25) is 0 Å². The Bertz CT molecular complexity index is 485. The van der Waals surface area contributed by atoms with E-state index in [-0.39, 0.29) is 11.3 Å². The van der Waals surface area contributed by atoms with E-state index in [2.05, 4.69) is 4.74 Å². The van der Waals surface area contributed by atoms with Gasteiger partial charge in [0, 0.05) is 0 Å². The lowest BCUT2D eigenvalue weighted by atomic mass is 10.1. The molecule has 0 bridgehead atoms. The number of hydrogen-bond acceptors (Lipinski definition) is 3. The molecular formula is C10H7F2NO3. The lowest BCUT2D eigenvalue weighted by Gasteiger charge is -2.06. The summed E-state index contributed by atoms with van der Waals surface area (Å²) < 4.78 is 30.9. The van der Waals surface area contributed by atoms with E-state index in [1.54, 1.807) is 0 Å². The molecule has 0 aromatic heterocycles. The van der Waals surface area contributed by atoms with Crippen LogP contribution in [0.3, 0.4) is 0 Å². The second-order valence-electron chi connectivity index (χ2n) is 3.28. The van der Waals surface area contributed by atoms with Crippen molar-refractivity contribution in [2.75, 3.05) is 12.4 Å². The first kappa shape index (κ1) is 10.5. The van der Waals surface area contributed by atoms with Gasteiger partial charge in [0.05, 0.1) is 23.9 Å². The molecule has 1 aromatic carbocycles. The molecule has 0 saturated carbocycles. The summed E-state index contributed by atoms with van der Waals surface area (Å²) in [7, 11) is 1.18. The van der Waals surface area contributed by atoms with Crippen LogP contribution < -0.4 is 5.32 Å². The van der Waals surface area contributed by atoms with Crippen molar-refractivity contribution >= 4 is 17.6 Å². The van der Waals surface area contributed by atoms with Crippen molar-refractivity contribution in [1.82, 2.24) is 0 Å². The Morgan fingerprint density at radius 2 is 2.12 bits per heavy atom. The summed E-state index contributed by atoms with van der Waals surface area (Å²) in [6.45, 7) is 0. The molecule has 0 unspecified atom stereocenters. The molecule has 6 heteroatoms.